The molecule has 88 valence electrons. The van der Waals surface area contributed by atoms with Gasteiger partial charge in [0.1, 0.15) is 6.61 Å². The Kier molecular flexibility index (Phi) is 3.25. The average Bonchev–Trinajstić information content (AvgIpc) is 2.73. The molecule has 0 aromatic heterocycles. The van der Waals surface area contributed by atoms with Gasteiger partial charge in [-0.25, -0.2) is 9.59 Å². The van der Waals surface area contributed by atoms with Crippen LogP contribution < -0.4 is 16.2 Å². The molecule has 0 aliphatic carbocycles. The first-order valence-corrected chi connectivity index (χ1v) is 4.99. The number of hydrazine groups is 1. The van der Waals surface area contributed by atoms with E-state index in [4.69, 9.17) is 0 Å². The number of carbonyl (C=O) groups is 2. The first-order chi connectivity index (χ1) is 8.24. The summed E-state index contributed by atoms with van der Waals surface area (Å²) in [5, 5.41) is 2.48. The third-order valence-corrected chi connectivity index (χ3v) is 2.03. The highest BCUT2D eigenvalue weighted by Gasteiger charge is 2.14. The summed E-state index contributed by atoms with van der Waals surface area (Å²) in [4.78, 5) is 22.1. The van der Waals surface area contributed by atoms with Gasteiger partial charge in [-0.1, -0.05) is 18.2 Å². The highest BCUT2D eigenvalue weighted by Crippen LogP contribution is 2.03. The van der Waals surface area contributed by atoms with Crippen LogP contribution in [0.1, 0.15) is 0 Å². The zero-order valence-corrected chi connectivity index (χ0v) is 8.90. The molecule has 0 radical (unpaired) electrons. The fourth-order valence-electron chi connectivity index (χ4n) is 1.27. The van der Waals surface area contributed by atoms with Crippen molar-refractivity contribution < 1.29 is 14.3 Å². The molecule has 0 atom stereocenters. The summed E-state index contributed by atoms with van der Waals surface area (Å²) in [5.74, 6) is -0.448. The van der Waals surface area contributed by atoms with E-state index >= 15 is 0 Å². The van der Waals surface area contributed by atoms with E-state index < -0.39 is 12.0 Å². The minimum Gasteiger partial charge on any atom is -0.456 e. The van der Waals surface area contributed by atoms with E-state index in [9.17, 15) is 9.59 Å². The molecule has 3 N–H and O–H groups in total. The normalized spacial score (nSPS) is 13.6. The lowest BCUT2D eigenvalue weighted by Crippen LogP contribution is -2.38. The summed E-state index contributed by atoms with van der Waals surface area (Å²) in [5.41, 5.74) is 6.34. The molecule has 1 aromatic rings. The van der Waals surface area contributed by atoms with Gasteiger partial charge in [0.25, 0.3) is 0 Å². The van der Waals surface area contributed by atoms with Crippen LogP contribution >= 0.6 is 0 Å². The molecule has 1 heterocycles. The highest BCUT2D eigenvalue weighted by molar-refractivity contribution is 5.87. The van der Waals surface area contributed by atoms with Crippen LogP contribution in [0.3, 0.4) is 0 Å². The van der Waals surface area contributed by atoms with Gasteiger partial charge < -0.3 is 10.1 Å². The number of nitrogens with one attached hydrogen (secondary N) is 3. The molecule has 1 aromatic carbocycles. The molecular weight excluding hydrogens is 222 g/mol. The zero-order chi connectivity index (χ0) is 12.1. The monoisotopic (exact) mass is 233 g/mol. The largest absolute Gasteiger partial charge is 0.456 e. The Morgan fingerprint density at radius 3 is 2.65 bits per heavy atom. The van der Waals surface area contributed by atoms with Gasteiger partial charge >= 0.3 is 12.0 Å². The molecular formula is C11H11N3O3. The maximum absolute atomic E-state index is 11.4. The SMILES string of the molecule is O=C(NNc1ccccc1)NC1=CC(=O)OC1. The van der Waals surface area contributed by atoms with Gasteiger partial charge in [0.2, 0.25) is 0 Å². The minimum absolute atomic E-state index is 0.0948. The topological polar surface area (TPSA) is 79.5 Å². The zero-order valence-electron chi connectivity index (χ0n) is 8.90. The molecule has 2 rings (SSSR count). The van der Waals surface area contributed by atoms with E-state index in [1.807, 2.05) is 30.3 Å². The Morgan fingerprint density at radius 2 is 2.00 bits per heavy atom. The van der Waals surface area contributed by atoms with Gasteiger partial charge in [-0.05, 0) is 12.1 Å². The second-order valence-electron chi connectivity index (χ2n) is 3.35. The number of carbonyl (C=O) groups excluding carboxylic acids is 2. The van der Waals surface area contributed by atoms with Crippen molar-refractivity contribution in [3.63, 3.8) is 0 Å². The number of rotatable bonds is 3. The third-order valence-electron chi connectivity index (χ3n) is 2.03. The van der Waals surface area contributed by atoms with Crippen molar-refractivity contribution >= 4 is 17.7 Å². The van der Waals surface area contributed by atoms with E-state index in [1.165, 1.54) is 6.08 Å². The van der Waals surface area contributed by atoms with E-state index in [2.05, 4.69) is 20.9 Å². The molecule has 0 saturated heterocycles. The van der Waals surface area contributed by atoms with Crippen LogP contribution in [-0.2, 0) is 9.53 Å². The number of anilines is 1. The summed E-state index contributed by atoms with van der Waals surface area (Å²) in [6.07, 6.45) is 1.24. The van der Waals surface area contributed by atoms with Crippen molar-refractivity contribution in [3.05, 3.63) is 42.1 Å². The maximum Gasteiger partial charge on any atom is 0.337 e. The Balaban J connectivity index is 1.78. The summed E-state index contributed by atoms with van der Waals surface area (Å²) < 4.78 is 4.63. The van der Waals surface area contributed by atoms with Gasteiger partial charge in [0.05, 0.1) is 11.4 Å². The highest BCUT2D eigenvalue weighted by atomic mass is 16.5. The van der Waals surface area contributed by atoms with Gasteiger partial charge in [-0.15, -0.1) is 0 Å². The fraction of sp³-hybridized carbons (Fsp3) is 0.0909. The number of hydrogen-bond acceptors (Lipinski definition) is 4. The average molecular weight is 233 g/mol. The summed E-state index contributed by atoms with van der Waals surface area (Å²) in [7, 11) is 0. The van der Waals surface area contributed by atoms with Gasteiger partial charge in [0, 0.05) is 6.08 Å². The van der Waals surface area contributed by atoms with Crippen molar-refractivity contribution in [2.45, 2.75) is 0 Å². The number of benzene rings is 1. The number of hydrogen-bond donors (Lipinski definition) is 3. The standard InChI is InChI=1S/C11H11N3O3/c15-10-6-9(7-17-10)12-11(16)14-13-8-4-2-1-3-5-8/h1-6,13H,7H2,(H2,12,14,16). The Labute approximate surface area is 97.6 Å². The van der Waals surface area contributed by atoms with Crippen molar-refractivity contribution in [3.8, 4) is 0 Å². The summed E-state index contributed by atoms with van der Waals surface area (Å²) in [6, 6.07) is 8.71. The van der Waals surface area contributed by atoms with Crippen LogP contribution in [0.5, 0.6) is 0 Å². The minimum atomic E-state index is -0.460. The van der Waals surface area contributed by atoms with Gasteiger partial charge in [-0.2, -0.15) is 0 Å². The molecule has 0 spiro atoms. The summed E-state index contributed by atoms with van der Waals surface area (Å²) >= 11 is 0. The van der Waals surface area contributed by atoms with Crippen molar-refractivity contribution in [2.75, 3.05) is 12.0 Å². The predicted molar refractivity (Wildman–Crippen MR) is 60.8 cm³/mol. The van der Waals surface area contributed by atoms with Crippen molar-refractivity contribution in [1.82, 2.24) is 10.7 Å². The molecule has 6 nitrogen and oxygen atoms in total. The quantitative estimate of drug-likeness (QED) is 0.531. The molecule has 1 aliphatic heterocycles. The van der Waals surface area contributed by atoms with Crippen LogP contribution in [0.4, 0.5) is 10.5 Å². The van der Waals surface area contributed by atoms with Crippen LogP contribution in [0.25, 0.3) is 0 Å². The fourth-order valence-corrected chi connectivity index (χ4v) is 1.27. The first kappa shape index (κ1) is 11.0. The van der Waals surface area contributed by atoms with Crippen LogP contribution in [0.2, 0.25) is 0 Å². The molecule has 0 saturated carbocycles. The molecule has 17 heavy (non-hydrogen) atoms. The van der Waals surface area contributed by atoms with E-state index in [0.29, 0.717) is 5.70 Å². The predicted octanol–water partition coefficient (Wildman–Crippen LogP) is 0.753. The molecule has 0 bridgehead atoms. The lowest BCUT2D eigenvalue weighted by molar-refractivity contribution is -0.134. The van der Waals surface area contributed by atoms with E-state index in [-0.39, 0.29) is 6.61 Å². The Hall–Kier alpha value is -2.50. The number of urea groups is 1. The Morgan fingerprint density at radius 1 is 1.24 bits per heavy atom. The molecule has 2 amide bonds. The molecule has 1 aliphatic rings. The number of amides is 2. The van der Waals surface area contributed by atoms with Gasteiger partial charge in [0.15, 0.2) is 0 Å². The van der Waals surface area contributed by atoms with Crippen molar-refractivity contribution in [2.24, 2.45) is 0 Å². The number of para-hydroxylation sites is 1. The van der Waals surface area contributed by atoms with Crippen LogP contribution in [0, 0.1) is 0 Å². The summed E-state index contributed by atoms with van der Waals surface area (Å²) in [6.45, 7) is 0.0948. The smallest absolute Gasteiger partial charge is 0.337 e. The maximum atomic E-state index is 11.4. The van der Waals surface area contributed by atoms with Gasteiger partial charge in [-0.3, -0.25) is 10.9 Å². The number of esters is 1. The van der Waals surface area contributed by atoms with Crippen molar-refractivity contribution in [1.29, 1.82) is 0 Å². The molecule has 0 unspecified atom stereocenters. The van der Waals surface area contributed by atoms with E-state index in [0.717, 1.165) is 5.69 Å². The number of ether oxygens (including phenoxy) is 1. The third kappa shape index (κ3) is 3.23. The van der Waals surface area contributed by atoms with Crippen LogP contribution in [-0.4, -0.2) is 18.6 Å². The second-order valence-corrected chi connectivity index (χ2v) is 3.35. The Bertz CT molecular complexity index is 456. The first-order valence-electron chi connectivity index (χ1n) is 4.99. The number of cyclic esters (lactones) is 1. The lowest BCUT2D eigenvalue weighted by Gasteiger charge is -2.09. The second kappa shape index (κ2) is 5.02. The molecule has 6 heteroatoms. The van der Waals surface area contributed by atoms with E-state index in [1.54, 1.807) is 0 Å². The lowest BCUT2D eigenvalue weighted by atomic mass is 10.3. The van der Waals surface area contributed by atoms with Crippen LogP contribution in [0.15, 0.2) is 42.1 Å². The molecule has 0 fully saturated rings.